The predicted molar refractivity (Wildman–Crippen MR) is 71.7 cm³/mol. The van der Waals surface area contributed by atoms with Gasteiger partial charge in [-0.1, -0.05) is 33.1 Å². The first kappa shape index (κ1) is 14.0. The Morgan fingerprint density at radius 3 is 2.75 bits per heavy atom. The summed E-state index contributed by atoms with van der Waals surface area (Å²) < 4.78 is 0. The highest BCUT2D eigenvalue weighted by Gasteiger charge is 2.22. The van der Waals surface area contributed by atoms with Crippen molar-refractivity contribution in [2.24, 2.45) is 11.8 Å². The van der Waals surface area contributed by atoms with Crippen LogP contribution in [-0.4, -0.2) is 25.7 Å². The first-order chi connectivity index (χ1) is 7.77. The van der Waals surface area contributed by atoms with E-state index in [0.717, 1.165) is 11.8 Å². The van der Waals surface area contributed by atoms with Crippen LogP contribution in [0.25, 0.3) is 0 Å². The molecule has 0 bridgehead atoms. The fourth-order valence-electron chi connectivity index (χ4n) is 2.61. The van der Waals surface area contributed by atoms with Crippen molar-refractivity contribution in [2.45, 2.75) is 58.9 Å². The molecule has 0 saturated carbocycles. The highest BCUT2D eigenvalue weighted by molar-refractivity contribution is 4.81. The SMILES string of the molecule is CCCCC(CC)CNCC1CCNC1C. The number of rotatable bonds is 8. The van der Waals surface area contributed by atoms with Crippen molar-refractivity contribution < 1.29 is 0 Å². The lowest BCUT2D eigenvalue weighted by atomic mass is 9.98. The van der Waals surface area contributed by atoms with Crippen molar-refractivity contribution in [2.75, 3.05) is 19.6 Å². The van der Waals surface area contributed by atoms with Crippen molar-refractivity contribution in [3.8, 4) is 0 Å². The lowest BCUT2D eigenvalue weighted by molar-refractivity contribution is 0.380. The fraction of sp³-hybridized carbons (Fsp3) is 1.00. The van der Waals surface area contributed by atoms with E-state index in [2.05, 4.69) is 31.4 Å². The molecule has 1 aliphatic heterocycles. The van der Waals surface area contributed by atoms with E-state index < -0.39 is 0 Å². The molecule has 0 aromatic heterocycles. The molecule has 0 radical (unpaired) electrons. The van der Waals surface area contributed by atoms with Gasteiger partial charge in [0.15, 0.2) is 0 Å². The minimum absolute atomic E-state index is 0.711. The molecule has 1 rings (SSSR count). The van der Waals surface area contributed by atoms with Crippen LogP contribution in [0.2, 0.25) is 0 Å². The van der Waals surface area contributed by atoms with E-state index in [-0.39, 0.29) is 0 Å². The molecule has 96 valence electrons. The molecule has 0 aromatic rings. The van der Waals surface area contributed by atoms with Gasteiger partial charge in [0, 0.05) is 6.04 Å². The first-order valence-electron chi connectivity index (χ1n) is 7.22. The van der Waals surface area contributed by atoms with Crippen LogP contribution in [-0.2, 0) is 0 Å². The molecule has 1 heterocycles. The lowest BCUT2D eigenvalue weighted by Crippen LogP contribution is -2.33. The topological polar surface area (TPSA) is 24.1 Å². The smallest absolute Gasteiger partial charge is 0.00795 e. The Morgan fingerprint density at radius 2 is 2.19 bits per heavy atom. The van der Waals surface area contributed by atoms with Crippen LogP contribution in [0.15, 0.2) is 0 Å². The summed E-state index contributed by atoms with van der Waals surface area (Å²) in [6, 6.07) is 0.711. The number of hydrogen-bond donors (Lipinski definition) is 2. The zero-order valence-electron chi connectivity index (χ0n) is 11.4. The summed E-state index contributed by atoms with van der Waals surface area (Å²) in [6.07, 6.45) is 6.80. The minimum Gasteiger partial charge on any atom is -0.316 e. The van der Waals surface area contributed by atoms with Gasteiger partial charge in [0.05, 0.1) is 0 Å². The van der Waals surface area contributed by atoms with Crippen LogP contribution in [0, 0.1) is 11.8 Å². The first-order valence-corrected chi connectivity index (χ1v) is 7.22. The Morgan fingerprint density at radius 1 is 1.38 bits per heavy atom. The minimum atomic E-state index is 0.711. The molecule has 1 fully saturated rings. The Bertz CT molecular complexity index is 170. The van der Waals surface area contributed by atoms with Gasteiger partial charge in [-0.15, -0.1) is 0 Å². The molecule has 16 heavy (non-hydrogen) atoms. The third kappa shape index (κ3) is 4.84. The van der Waals surface area contributed by atoms with Gasteiger partial charge in [-0.25, -0.2) is 0 Å². The van der Waals surface area contributed by atoms with Gasteiger partial charge in [-0.3, -0.25) is 0 Å². The molecule has 0 aromatic carbocycles. The summed E-state index contributed by atoms with van der Waals surface area (Å²) in [7, 11) is 0. The standard InChI is InChI=1S/C14H30N2/c1-4-6-7-13(5-2)10-15-11-14-8-9-16-12(14)3/h12-16H,4-11H2,1-3H3. The molecular formula is C14H30N2. The molecule has 2 nitrogen and oxygen atoms in total. The second kappa shape index (κ2) is 8.08. The molecule has 3 atom stereocenters. The molecule has 2 N–H and O–H groups in total. The zero-order chi connectivity index (χ0) is 11.8. The third-order valence-corrected chi connectivity index (χ3v) is 4.07. The van der Waals surface area contributed by atoms with E-state index >= 15 is 0 Å². The van der Waals surface area contributed by atoms with Crippen LogP contribution in [0.5, 0.6) is 0 Å². The van der Waals surface area contributed by atoms with Crippen molar-refractivity contribution >= 4 is 0 Å². The second-order valence-electron chi connectivity index (χ2n) is 5.37. The van der Waals surface area contributed by atoms with Crippen LogP contribution in [0.4, 0.5) is 0 Å². The maximum atomic E-state index is 3.68. The van der Waals surface area contributed by atoms with E-state index in [1.165, 1.54) is 51.7 Å². The van der Waals surface area contributed by atoms with Crippen LogP contribution >= 0.6 is 0 Å². The maximum Gasteiger partial charge on any atom is 0.00795 e. The summed E-state index contributed by atoms with van der Waals surface area (Å²) in [5.74, 6) is 1.74. The van der Waals surface area contributed by atoms with Crippen LogP contribution in [0.1, 0.15) is 52.9 Å². The third-order valence-electron chi connectivity index (χ3n) is 4.07. The Hall–Kier alpha value is -0.0800. The summed E-state index contributed by atoms with van der Waals surface area (Å²) in [5.41, 5.74) is 0. The highest BCUT2D eigenvalue weighted by atomic mass is 15.0. The lowest BCUT2D eigenvalue weighted by Gasteiger charge is -2.19. The van der Waals surface area contributed by atoms with Crippen molar-refractivity contribution in [3.05, 3.63) is 0 Å². The van der Waals surface area contributed by atoms with Gasteiger partial charge >= 0.3 is 0 Å². The van der Waals surface area contributed by atoms with E-state index in [1.54, 1.807) is 0 Å². The molecule has 0 amide bonds. The van der Waals surface area contributed by atoms with Gasteiger partial charge in [0.2, 0.25) is 0 Å². The summed E-state index contributed by atoms with van der Waals surface area (Å²) >= 11 is 0. The Kier molecular flexibility index (Phi) is 7.06. The molecule has 1 saturated heterocycles. The predicted octanol–water partition coefficient (Wildman–Crippen LogP) is 2.79. The van der Waals surface area contributed by atoms with Crippen LogP contribution < -0.4 is 10.6 Å². The van der Waals surface area contributed by atoms with Crippen molar-refractivity contribution in [1.29, 1.82) is 0 Å². The maximum absolute atomic E-state index is 3.68. The van der Waals surface area contributed by atoms with Crippen molar-refractivity contribution in [3.63, 3.8) is 0 Å². The van der Waals surface area contributed by atoms with Crippen molar-refractivity contribution in [1.82, 2.24) is 10.6 Å². The summed E-state index contributed by atoms with van der Waals surface area (Å²) in [4.78, 5) is 0. The van der Waals surface area contributed by atoms with E-state index in [9.17, 15) is 0 Å². The van der Waals surface area contributed by atoms with E-state index in [4.69, 9.17) is 0 Å². The average Bonchev–Trinajstić information content (AvgIpc) is 2.69. The molecule has 3 unspecified atom stereocenters. The Balaban J connectivity index is 2.08. The number of hydrogen-bond acceptors (Lipinski definition) is 2. The monoisotopic (exact) mass is 226 g/mol. The summed E-state index contributed by atoms with van der Waals surface area (Å²) in [6.45, 7) is 10.6. The van der Waals surface area contributed by atoms with E-state index in [0.29, 0.717) is 6.04 Å². The van der Waals surface area contributed by atoms with Gasteiger partial charge < -0.3 is 10.6 Å². The summed E-state index contributed by atoms with van der Waals surface area (Å²) in [5, 5.41) is 7.19. The van der Waals surface area contributed by atoms with Gasteiger partial charge in [-0.2, -0.15) is 0 Å². The highest BCUT2D eigenvalue weighted by Crippen LogP contribution is 2.15. The molecule has 0 spiro atoms. The Labute approximate surface area is 102 Å². The zero-order valence-corrected chi connectivity index (χ0v) is 11.4. The molecule has 2 heteroatoms. The van der Waals surface area contributed by atoms with E-state index in [1.807, 2.05) is 0 Å². The average molecular weight is 226 g/mol. The number of unbranched alkanes of at least 4 members (excludes halogenated alkanes) is 1. The van der Waals surface area contributed by atoms with Crippen LogP contribution in [0.3, 0.4) is 0 Å². The molecule has 1 aliphatic rings. The largest absolute Gasteiger partial charge is 0.316 e. The van der Waals surface area contributed by atoms with Gasteiger partial charge in [-0.05, 0) is 51.2 Å². The normalized spacial score (nSPS) is 27.2. The second-order valence-corrected chi connectivity index (χ2v) is 5.37. The van der Waals surface area contributed by atoms with Gasteiger partial charge in [0.1, 0.15) is 0 Å². The fourth-order valence-corrected chi connectivity index (χ4v) is 2.61. The number of nitrogens with one attached hydrogen (secondary N) is 2. The quantitative estimate of drug-likeness (QED) is 0.665. The molecule has 0 aliphatic carbocycles. The van der Waals surface area contributed by atoms with Gasteiger partial charge in [0.25, 0.3) is 0 Å². The molecular weight excluding hydrogens is 196 g/mol.